The lowest BCUT2D eigenvalue weighted by atomic mass is 9.89. The van der Waals surface area contributed by atoms with Crippen LogP contribution in [0.5, 0.6) is 0 Å². The Morgan fingerprint density at radius 2 is 2.50 bits per heavy atom. The largest absolute Gasteiger partial charge is 0.480 e. The highest BCUT2D eigenvalue weighted by Crippen LogP contribution is 2.29. The van der Waals surface area contributed by atoms with Crippen LogP contribution in [0.4, 0.5) is 0 Å². The summed E-state index contributed by atoms with van der Waals surface area (Å²) in [4.78, 5) is 11.7. The lowest BCUT2D eigenvalue weighted by Crippen LogP contribution is -2.28. The first-order valence-electron chi connectivity index (χ1n) is 3.52. The first-order chi connectivity index (χ1) is 5.61. The smallest absolute Gasteiger partial charge is 0.318 e. The first kappa shape index (κ1) is 9.00. The van der Waals surface area contributed by atoms with Gasteiger partial charge in [0, 0.05) is 4.88 Å². The summed E-state index contributed by atoms with van der Waals surface area (Å²) < 4.78 is 0. The fourth-order valence-corrected chi connectivity index (χ4v) is 1.74. The summed E-state index contributed by atoms with van der Waals surface area (Å²) in [5.41, 5.74) is -0.936. The van der Waals surface area contributed by atoms with Crippen molar-refractivity contribution in [2.24, 2.45) is 0 Å². The fraction of sp³-hybridized carbons (Fsp3) is 0.222. The van der Waals surface area contributed by atoms with Crippen LogP contribution in [0.25, 0.3) is 0 Å². The average molecular weight is 182 g/mol. The number of carboxylic acid groups (broad SMARTS) is 1. The van der Waals surface area contributed by atoms with Crippen LogP contribution in [0.2, 0.25) is 0 Å². The fourth-order valence-electron chi connectivity index (χ4n) is 0.867. The Kier molecular flexibility index (Phi) is 2.33. The first-order valence-corrected chi connectivity index (χ1v) is 4.40. The molecule has 0 fully saturated rings. The van der Waals surface area contributed by atoms with E-state index < -0.39 is 11.4 Å². The van der Waals surface area contributed by atoms with Crippen molar-refractivity contribution in [3.8, 4) is 0 Å². The van der Waals surface area contributed by atoms with Crippen LogP contribution >= 0.6 is 11.3 Å². The van der Waals surface area contributed by atoms with Crippen molar-refractivity contribution in [3.05, 3.63) is 35.0 Å². The molecule has 1 N–H and O–H groups in total. The molecule has 1 atom stereocenters. The van der Waals surface area contributed by atoms with Crippen molar-refractivity contribution in [2.75, 3.05) is 0 Å². The summed E-state index contributed by atoms with van der Waals surface area (Å²) in [6.07, 6.45) is 1.46. The van der Waals surface area contributed by atoms with E-state index in [1.165, 1.54) is 17.4 Å². The van der Waals surface area contributed by atoms with Crippen LogP contribution in [0.1, 0.15) is 11.8 Å². The van der Waals surface area contributed by atoms with Gasteiger partial charge in [-0.3, -0.25) is 4.79 Å². The minimum atomic E-state index is -0.936. The normalized spacial score (nSPS) is 15.1. The lowest BCUT2D eigenvalue weighted by Gasteiger charge is -2.17. The van der Waals surface area contributed by atoms with Crippen LogP contribution in [0.3, 0.4) is 0 Å². The van der Waals surface area contributed by atoms with Crippen molar-refractivity contribution >= 4 is 17.3 Å². The molecule has 3 heteroatoms. The van der Waals surface area contributed by atoms with Gasteiger partial charge in [0.2, 0.25) is 0 Å². The molecule has 1 rings (SSSR count). The summed E-state index contributed by atoms with van der Waals surface area (Å²) in [6, 6.07) is 3.64. The summed E-state index contributed by atoms with van der Waals surface area (Å²) >= 11 is 1.43. The third-order valence-corrected chi connectivity index (χ3v) is 2.99. The molecule has 0 spiro atoms. The van der Waals surface area contributed by atoms with Crippen molar-refractivity contribution in [1.29, 1.82) is 0 Å². The van der Waals surface area contributed by atoms with Gasteiger partial charge >= 0.3 is 5.97 Å². The molecule has 0 aliphatic rings. The molecule has 64 valence electrons. The molecule has 0 aliphatic heterocycles. The van der Waals surface area contributed by atoms with E-state index in [0.29, 0.717) is 0 Å². The summed E-state index contributed by atoms with van der Waals surface area (Å²) in [5.74, 6) is -0.861. The second-order valence-corrected chi connectivity index (χ2v) is 3.64. The predicted octanol–water partition coefficient (Wildman–Crippen LogP) is 2.28. The maximum Gasteiger partial charge on any atom is 0.318 e. The van der Waals surface area contributed by atoms with E-state index in [2.05, 4.69) is 6.58 Å². The quantitative estimate of drug-likeness (QED) is 0.728. The van der Waals surface area contributed by atoms with Gasteiger partial charge in [0.1, 0.15) is 5.41 Å². The highest BCUT2D eigenvalue weighted by molar-refractivity contribution is 7.10. The Labute approximate surface area is 75.2 Å². The molecule has 0 amide bonds. The molecular weight excluding hydrogens is 172 g/mol. The molecule has 1 heterocycles. The number of rotatable bonds is 3. The Bertz CT molecular complexity index is 289. The summed E-state index contributed by atoms with van der Waals surface area (Å²) in [7, 11) is 0. The van der Waals surface area contributed by atoms with Crippen LogP contribution in [-0.4, -0.2) is 11.1 Å². The van der Waals surface area contributed by atoms with Crippen LogP contribution < -0.4 is 0 Å². The van der Waals surface area contributed by atoms with Gasteiger partial charge in [-0.1, -0.05) is 12.1 Å². The third kappa shape index (κ3) is 1.28. The Balaban J connectivity index is 3.12. The van der Waals surface area contributed by atoms with E-state index in [4.69, 9.17) is 5.11 Å². The number of hydrogen-bond acceptors (Lipinski definition) is 2. The van der Waals surface area contributed by atoms with Gasteiger partial charge in [-0.2, -0.15) is 0 Å². The minimum Gasteiger partial charge on any atom is -0.480 e. The number of thiophene rings is 1. The zero-order valence-corrected chi connectivity index (χ0v) is 7.60. The zero-order chi connectivity index (χ0) is 9.19. The molecule has 1 unspecified atom stereocenters. The second-order valence-electron chi connectivity index (χ2n) is 2.69. The summed E-state index contributed by atoms with van der Waals surface area (Å²) in [6.45, 7) is 5.18. The predicted molar refractivity (Wildman–Crippen MR) is 49.5 cm³/mol. The molecule has 0 radical (unpaired) electrons. The molecule has 0 aliphatic carbocycles. The molecule has 0 saturated heterocycles. The maximum atomic E-state index is 10.9. The molecule has 0 bridgehead atoms. The minimum absolute atomic E-state index is 0.810. The Hall–Kier alpha value is -1.09. The SMILES string of the molecule is C=CC(C)(C(=O)O)c1cccs1. The molecular formula is C9H10O2S. The van der Waals surface area contributed by atoms with E-state index >= 15 is 0 Å². The monoisotopic (exact) mass is 182 g/mol. The molecule has 0 aromatic carbocycles. The topological polar surface area (TPSA) is 37.3 Å². The Morgan fingerprint density at radius 3 is 2.83 bits per heavy atom. The van der Waals surface area contributed by atoms with Crippen molar-refractivity contribution in [1.82, 2.24) is 0 Å². The van der Waals surface area contributed by atoms with Gasteiger partial charge in [0.25, 0.3) is 0 Å². The van der Waals surface area contributed by atoms with Gasteiger partial charge in [0.15, 0.2) is 0 Å². The van der Waals surface area contributed by atoms with Crippen LogP contribution in [-0.2, 0) is 10.2 Å². The lowest BCUT2D eigenvalue weighted by molar-refractivity contribution is -0.141. The van der Waals surface area contributed by atoms with Crippen molar-refractivity contribution in [3.63, 3.8) is 0 Å². The van der Waals surface area contributed by atoms with Gasteiger partial charge in [-0.25, -0.2) is 0 Å². The second kappa shape index (κ2) is 3.11. The van der Waals surface area contributed by atoms with Gasteiger partial charge in [-0.05, 0) is 18.4 Å². The van der Waals surface area contributed by atoms with E-state index in [-0.39, 0.29) is 0 Å². The number of carbonyl (C=O) groups is 1. The van der Waals surface area contributed by atoms with Gasteiger partial charge < -0.3 is 5.11 Å². The summed E-state index contributed by atoms with van der Waals surface area (Å²) in [5, 5.41) is 10.8. The highest BCUT2D eigenvalue weighted by atomic mass is 32.1. The van der Waals surface area contributed by atoms with E-state index in [9.17, 15) is 4.79 Å². The highest BCUT2D eigenvalue weighted by Gasteiger charge is 2.32. The van der Waals surface area contributed by atoms with Gasteiger partial charge in [0.05, 0.1) is 0 Å². The number of carboxylic acids is 1. The van der Waals surface area contributed by atoms with Gasteiger partial charge in [-0.15, -0.1) is 17.9 Å². The zero-order valence-electron chi connectivity index (χ0n) is 6.78. The molecule has 0 saturated carbocycles. The average Bonchev–Trinajstić information content (AvgIpc) is 2.54. The van der Waals surface area contributed by atoms with E-state index in [1.807, 2.05) is 11.4 Å². The standard InChI is InChI=1S/C9H10O2S/c1-3-9(2,8(10)11)7-5-4-6-12-7/h3-6H,1H2,2H3,(H,10,11). The van der Waals surface area contributed by atoms with E-state index in [1.54, 1.807) is 13.0 Å². The Morgan fingerprint density at radius 1 is 1.83 bits per heavy atom. The number of hydrogen-bond donors (Lipinski definition) is 1. The van der Waals surface area contributed by atoms with Crippen molar-refractivity contribution in [2.45, 2.75) is 12.3 Å². The van der Waals surface area contributed by atoms with E-state index in [0.717, 1.165) is 4.88 Å². The third-order valence-electron chi connectivity index (χ3n) is 1.89. The molecule has 12 heavy (non-hydrogen) atoms. The van der Waals surface area contributed by atoms with Crippen LogP contribution in [0, 0.1) is 0 Å². The molecule has 1 aromatic rings. The van der Waals surface area contributed by atoms with Crippen molar-refractivity contribution < 1.29 is 9.90 Å². The maximum absolute atomic E-state index is 10.9. The molecule has 2 nitrogen and oxygen atoms in total. The molecule has 1 aromatic heterocycles. The van der Waals surface area contributed by atoms with Crippen LogP contribution in [0.15, 0.2) is 30.2 Å². The number of aliphatic carboxylic acids is 1.